The van der Waals surface area contributed by atoms with E-state index in [-0.39, 0.29) is 6.61 Å². The molecular formula is C8H13NO2. The Balaban J connectivity index is 2.27. The molecule has 11 heavy (non-hydrogen) atoms. The summed E-state index contributed by atoms with van der Waals surface area (Å²) < 4.78 is 5.24. The fourth-order valence-electron chi connectivity index (χ4n) is 0.820. The summed E-state index contributed by atoms with van der Waals surface area (Å²) in [6, 6.07) is 3.79. The zero-order chi connectivity index (χ0) is 8.10. The van der Waals surface area contributed by atoms with Crippen LogP contribution in [0.2, 0.25) is 0 Å². The lowest BCUT2D eigenvalue weighted by Gasteiger charge is -1.98. The van der Waals surface area contributed by atoms with E-state index in [4.69, 9.17) is 9.52 Å². The van der Waals surface area contributed by atoms with Crippen molar-refractivity contribution in [3.05, 3.63) is 17.9 Å². The maximum absolute atomic E-state index is 8.48. The molecule has 0 saturated carbocycles. The maximum atomic E-state index is 8.48. The Hall–Kier alpha value is -0.960. The van der Waals surface area contributed by atoms with E-state index in [0.717, 1.165) is 24.6 Å². The van der Waals surface area contributed by atoms with Crippen molar-refractivity contribution in [2.24, 2.45) is 0 Å². The molecule has 0 fully saturated rings. The van der Waals surface area contributed by atoms with Crippen LogP contribution in [-0.2, 0) is 0 Å². The highest BCUT2D eigenvalue weighted by Crippen LogP contribution is 2.11. The van der Waals surface area contributed by atoms with Crippen molar-refractivity contribution in [1.29, 1.82) is 0 Å². The first-order valence-electron chi connectivity index (χ1n) is 3.74. The highest BCUT2D eigenvalue weighted by atomic mass is 16.4. The Bertz CT molecular complexity index is 208. The van der Waals surface area contributed by atoms with Gasteiger partial charge in [0, 0.05) is 19.2 Å². The number of anilines is 1. The molecule has 1 rings (SSSR count). The lowest BCUT2D eigenvalue weighted by atomic mass is 10.4. The highest BCUT2D eigenvalue weighted by Gasteiger charge is 1.94. The molecule has 62 valence electrons. The van der Waals surface area contributed by atoms with Crippen LogP contribution in [0.3, 0.4) is 0 Å². The third-order valence-corrected chi connectivity index (χ3v) is 1.37. The van der Waals surface area contributed by atoms with Crippen LogP contribution in [0.1, 0.15) is 12.2 Å². The quantitative estimate of drug-likeness (QED) is 0.646. The van der Waals surface area contributed by atoms with Crippen molar-refractivity contribution in [3.63, 3.8) is 0 Å². The zero-order valence-electron chi connectivity index (χ0n) is 6.63. The van der Waals surface area contributed by atoms with Gasteiger partial charge in [0.25, 0.3) is 0 Å². The van der Waals surface area contributed by atoms with Crippen molar-refractivity contribution in [1.82, 2.24) is 0 Å². The van der Waals surface area contributed by atoms with E-state index in [1.54, 1.807) is 0 Å². The topological polar surface area (TPSA) is 45.4 Å². The maximum Gasteiger partial charge on any atom is 0.193 e. The van der Waals surface area contributed by atoms with E-state index < -0.39 is 0 Å². The number of rotatable bonds is 4. The van der Waals surface area contributed by atoms with Crippen molar-refractivity contribution in [2.45, 2.75) is 13.3 Å². The Morgan fingerprint density at radius 3 is 2.91 bits per heavy atom. The molecule has 2 N–H and O–H groups in total. The third-order valence-electron chi connectivity index (χ3n) is 1.37. The van der Waals surface area contributed by atoms with Gasteiger partial charge in [0.05, 0.1) is 0 Å². The molecule has 0 bridgehead atoms. The standard InChI is InChI=1S/C8H13NO2/c1-7-3-4-8(11-7)9-5-2-6-10/h3-4,9-10H,2,5-6H2,1H3. The van der Waals surface area contributed by atoms with E-state index in [0.29, 0.717) is 0 Å². The third kappa shape index (κ3) is 2.63. The summed E-state index contributed by atoms with van der Waals surface area (Å²) in [6.45, 7) is 2.87. The smallest absolute Gasteiger partial charge is 0.193 e. The molecule has 0 aliphatic heterocycles. The first-order chi connectivity index (χ1) is 5.33. The molecule has 0 aliphatic rings. The van der Waals surface area contributed by atoms with Gasteiger partial charge in [-0.15, -0.1) is 0 Å². The van der Waals surface area contributed by atoms with E-state index >= 15 is 0 Å². The van der Waals surface area contributed by atoms with Crippen molar-refractivity contribution >= 4 is 5.88 Å². The van der Waals surface area contributed by atoms with Gasteiger partial charge in [-0.05, 0) is 19.4 Å². The Morgan fingerprint density at radius 1 is 1.55 bits per heavy atom. The van der Waals surface area contributed by atoms with E-state index in [1.165, 1.54) is 0 Å². The Morgan fingerprint density at radius 2 is 2.36 bits per heavy atom. The SMILES string of the molecule is Cc1ccc(NCCCO)o1. The summed E-state index contributed by atoms with van der Waals surface area (Å²) in [5.74, 6) is 1.67. The normalized spacial score (nSPS) is 10.0. The van der Waals surface area contributed by atoms with Crippen LogP contribution in [-0.4, -0.2) is 18.3 Å². The second-order valence-electron chi connectivity index (χ2n) is 2.41. The molecule has 1 aromatic heterocycles. The molecule has 1 heterocycles. The van der Waals surface area contributed by atoms with Crippen molar-refractivity contribution < 1.29 is 9.52 Å². The molecule has 1 aromatic rings. The Kier molecular flexibility index (Phi) is 2.98. The van der Waals surface area contributed by atoms with Gasteiger partial charge in [-0.1, -0.05) is 0 Å². The van der Waals surface area contributed by atoms with E-state index in [9.17, 15) is 0 Å². The number of furan rings is 1. The zero-order valence-corrected chi connectivity index (χ0v) is 6.63. The van der Waals surface area contributed by atoms with Crippen LogP contribution in [0.25, 0.3) is 0 Å². The van der Waals surface area contributed by atoms with Crippen LogP contribution in [0.15, 0.2) is 16.5 Å². The van der Waals surface area contributed by atoms with Crippen LogP contribution < -0.4 is 5.32 Å². The summed E-state index contributed by atoms with van der Waals surface area (Å²) in [4.78, 5) is 0. The number of aryl methyl sites for hydroxylation is 1. The average molecular weight is 155 g/mol. The largest absolute Gasteiger partial charge is 0.446 e. The predicted octanol–water partition coefficient (Wildman–Crippen LogP) is 1.38. The molecule has 0 spiro atoms. The second-order valence-corrected chi connectivity index (χ2v) is 2.41. The summed E-state index contributed by atoms with van der Waals surface area (Å²) in [6.07, 6.45) is 0.750. The van der Waals surface area contributed by atoms with Crippen molar-refractivity contribution in [3.8, 4) is 0 Å². The van der Waals surface area contributed by atoms with Gasteiger partial charge in [0.2, 0.25) is 0 Å². The molecule has 0 unspecified atom stereocenters. The minimum atomic E-state index is 0.215. The van der Waals surface area contributed by atoms with Crippen LogP contribution in [0, 0.1) is 6.92 Å². The van der Waals surface area contributed by atoms with Gasteiger partial charge in [-0.2, -0.15) is 0 Å². The van der Waals surface area contributed by atoms with Crippen LogP contribution in [0.4, 0.5) is 5.88 Å². The van der Waals surface area contributed by atoms with E-state index in [1.807, 2.05) is 19.1 Å². The average Bonchev–Trinajstić information content (AvgIpc) is 2.37. The minimum Gasteiger partial charge on any atom is -0.446 e. The predicted molar refractivity (Wildman–Crippen MR) is 43.6 cm³/mol. The van der Waals surface area contributed by atoms with Crippen molar-refractivity contribution in [2.75, 3.05) is 18.5 Å². The molecule has 0 radical (unpaired) electrons. The lowest BCUT2D eigenvalue weighted by Crippen LogP contribution is -2.01. The molecule has 0 aromatic carbocycles. The first-order valence-corrected chi connectivity index (χ1v) is 3.74. The van der Waals surface area contributed by atoms with Crippen LogP contribution >= 0.6 is 0 Å². The summed E-state index contributed by atoms with van der Waals surface area (Å²) in [5.41, 5.74) is 0. The number of aliphatic hydroxyl groups excluding tert-OH is 1. The number of aliphatic hydroxyl groups is 1. The highest BCUT2D eigenvalue weighted by molar-refractivity contribution is 5.31. The second kappa shape index (κ2) is 4.03. The van der Waals surface area contributed by atoms with Crippen LogP contribution in [0.5, 0.6) is 0 Å². The number of hydrogen-bond acceptors (Lipinski definition) is 3. The fraction of sp³-hybridized carbons (Fsp3) is 0.500. The molecule has 0 aliphatic carbocycles. The molecule has 3 nitrogen and oxygen atoms in total. The van der Waals surface area contributed by atoms with Gasteiger partial charge in [-0.3, -0.25) is 0 Å². The molecule has 0 atom stereocenters. The van der Waals surface area contributed by atoms with Gasteiger partial charge in [0.15, 0.2) is 5.88 Å². The molecule has 0 saturated heterocycles. The summed E-state index contributed by atoms with van der Waals surface area (Å²) in [5, 5.41) is 11.5. The molecule has 0 amide bonds. The monoisotopic (exact) mass is 155 g/mol. The first kappa shape index (κ1) is 8.14. The number of hydrogen-bond donors (Lipinski definition) is 2. The molecule has 3 heteroatoms. The number of nitrogens with one attached hydrogen (secondary N) is 1. The lowest BCUT2D eigenvalue weighted by molar-refractivity contribution is 0.292. The summed E-state index contributed by atoms with van der Waals surface area (Å²) >= 11 is 0. The minimum absolute atomic E-state index is 0.215. The molecular weight excluding hydrogens is 142 g/mol. The van der Waals surface area contributed by atoms with Gasteiger partial charge >= 0.3 is 0 Å². The Labute approximate surface area is 66.0 Å². The van der Waals surface area contributed by atoms with Gasteiger partial charge in [0.1, 0.15) is 5.76 Å². The van der Waals surface area contributed by atoms with Gasteiger partial charge in [-0.25, -0.2) is 0 Å². The summed E-state index contributed by atoms with van der Waals surface area (Å²) in [7, 11) is 0. The van der Waals surface area contributed by atoms with Gasteiger partial charge < -0.3 is 14.8 Å². The van der Waals surface area contributed by atoms with E-state index in [2.05, 4.69) is 5.32 Å². The fourth-order valence-corrected chi connectivity index (χ4v) is 0.820.